The number of nitrogens with zero attached hydrogens (tertiary/aromatic N) is 2. The first-order valence-corrected chi connectivity index (χ1v) is 10.5. The summed E-state index contributed by atoms with van der Waals surface area (Å²) in [7, 11) is 0. The van der Waals surface area contributed by atoms with Gasteiger partial charge in [-0.25, -0.2) is 0 Å². The Bertz CT molecular complexity index is 1030. The zero-order chi connectivity index (χ0) is 22.7. The number of aliphatic hydroxyl groups excluding tert-OH is 1. The van der Waals surface area contributed by atoms with E-state index in [0.29, 0.717) is 30.3 Å². The summed E-state index contributed by atoms with van der Waals surface area (Å²) in [6.45, 7) is 1.05. The topological polar surface area (TPSA) is 112 Å². The first kappa shape index (κ1) is 22.1. The van der Waals surface area contributed by atoms with Gasteiger partial charge in [0, 0.05) is 37.0 Å². The first-order valence-electron chi connectivity index (χ1n) is 10.1. The molecule has 2 N–H and O–H groups in total. The highest BCUT2D eigenvalue weighted by molar-refractivity contribution is 6.28. The van der Waals surface area contributed by atoms with E-state index in [-0.39, 0.29) is 30.7 Å². The number of nitrogens with one attached hydrogen (secondary N) is 1. The van der Waals surface area contributed by atoms with Crippen molar-refractivity contribution in [3.8, 4) is 0 Å². The fraction of sp³-hybridized carbons (Fsp3) is 0.318. The zero-order valence-corrected chi connectivity index (χ0v) is 17.8. The van der Waals surface area contributed by atoms with Crippen LogP contribution in [0.4, 0.5) is 11.4 Å². The number of morpholine rings is 1. The number of benzene rings is 1. The van der Waals surface area contributed by atoms with Crippen LogP contribution in [0.5, 0.6) is 0 Å². The number of rotatable bonds is 5. The van der Waals surface area contributed by atoms with Crippen molar-refractivity contribution in [2.24, 2.45) is 0 Å². The lowest BCUT2D eigenvalue weighted by molar-refractivity contribution is -0.132. The summed E-state index contributed by atoms with van der Waals surface area (Å²) in [4.78, 5) is 40.4. The number of aliphatic hydroxyl groups is 1. The van der Waals surface area contributed by atoms with Gasteiger partial charge < -0.3 is 29.4 Å². The van der Waals surface area contributed by atoms with Crippen LogP contribution in [0.25, 0.3) is 6.08 Å². The van der Waals surface area contributed by atoms with Gasteiger partial charge in [-0.1, -0.05) is 0 Å². The lowest BCUT2D eigenvalue weighted by Gasteiger charge is -2.27. The highest BCUT2D eigenvalue weighted by Crippen LogP contribution is 2.23. The molecule has 2 saturated heterocycles. The molecular formula is C22H22ClN3O6. The number of anilines is 2. The molecule has 10 heteroatoms. The molecule has 4 rings (SSSR count). The predicted octanol–water partition coefficient (Wildman–Crippen LogP) is 1.91. The van der Waals surface area contributed by atoms with E-state index in [1.807, 2.05) is 0 Å². The SMILES string of the molecule is O=C(Nc1ccc(N2CCOCC2=O)cc1)[C@H]1C[C@@H](O)CN1C(=O)/C=C/c1ccc(Cl)o1. The maximum Gasteiger partial charge on any atom is 0.253 e. The minimum absolute atomic E-state index is 0.0494. The molecule has 3 heterocycles. The van der Waals surface area contributed by atoms with Crippen molar-refractivity contribution in [2.45, 2.75) is 18.6 Å². The van der Waals surface area contributed by atoms with Crippen LogP contribution in [0.1, 0.15) is 12.2 Å². The van der Waals surface area contributed by atoms with E-state index in [0.717, 1.165) is 0 Å². The van der Waals surface area contributed by atoms with Gasteiger partial charge in [-0.3, -0.25) is 14.4 Å². The number of furan rings is 1. The van der Waals surface area contributed by atoms with E-state index >= 15 is 0 Å². The van der Waals surface area contributed by atoms with Crippen LogP contribution in [0.2, 0.25) is 5.22 Å². The number of hydrogen-bond acceptors (Lipinski definition) is 6. The molecule has 2 aliphatic heterocycles. The number of ether oxygens (including phenoxy) is 1. The fourth-order valence-electron chi connectivity index (χ4n) is 3.71. The van der Waals surface area contributed by atoms with Gasteiger partial charge in [-0.05, 0) is 54.1 Å². The largest absolute Gasteiger partial charge is 0.445 e. The Morgan fingerprint density at radius 2 is 1.97 bits per heavy atom. The molecule has 2 aromatic rings. The monoisotopic (exact) mass is 459 g/mol. The van der Waals surface area contributed by atoms with Crippen molar-refractivity contribution in [3.63, 3.8) is 0 Å². The van der Waals surface area contributed by atoms with Crippen LogP contribution < -0.4 is 10.2 Å². The summed E-state index contributed by atoms with van der Waals surface area (Å²) >= 11 is 5.72. The van der Waals surface area contributed by atoms with Gasteiger partial charge in [0.15, 0.2) is 5.22 Å². The standard InChI is InChI=1S/C22H22ClN3O6/c23-19-7-5-17(32-19)6-8-20(28)26-12-16(27)11-18(26)22(30)24-14-1-3-15(4-2-14)25-9-10-31-13-21(25)29/h1-8,16,18,27H,9-13H2,(H,24,30)/b8-6+/t16-,18-/m1/s1. The minimum atomic E-state index is -0.817. The Morgan fingerprint density at radius 3 is 2.66 bits per heavy atom. The maximum atomic E-state index is 12.8. The van der Waals surface area contributed by atoms with E-state index in [1.54, 1.807) is 41.3 Å². The highest BCUT2D eigenvalue weighted by Gasteiger charge is 2.38. The summed E-state index contributed by atoms with van der Waals surface area (Å²) < 4.78 is 10.3. The number of β-amino-alcohol motifs (C(OH)–C–C–N with tert-alkyl or cyclic N) is 1. The minimum Gasteiger partial charge on any atom is -0.445 e. The number of amides is 3. The molecule has 168 valence electrons. The summed E-state index contributed by atoms with van der Waals surface area (Å²) in [6.07, 6.45) is 2.08. The summed E-state index contributed by atoms with van der Waals surface area (Å²) in [5, 5.41) is 13.0. The Balaban J connectivity index is 1.40. The molecule has 0 radical (unpaired) electrons. The molecule has 0 bridgehead atoms. The highest BCUT2D eigenvalue weighted by atomic mass is 35.5. The third-order valence-electron chi connectivity index (χ3n) is 5.28. The van der Waals surface area contributed by atoms with E-state index in [9.17, 15) is 19.5 Å². The van der Waals surface area contributed by atoms with Gasteiger partial charge in [-0.15, -0.1) is 0 Å². The predicted molar refractivity (Wildman–Crippen MR) is 117 cm³/mol. The third kappa shape index (κ3) is 5.01. The van der Waals surface area contributed by atoms with Crippen LogP contribution in [-0.2, 0) is 19.1 Å². The second kappa shape index (κ2) is 9.56. The Labute approximate surface area is 189 Å². The fourth-order valence-corrected chi connectivity index (χ4v) is 3.87. The summed E-state index contributed by atoms with van der Waals surface area (Å²) in [6, 6.07) is 9.21. The maximum absolute atomic E-state index is 12.8. The normalized spacial score (nSPS) is 21.4. The van der Waals surface area contributed by atoms with Crippen molar-refractivity contribution in [1.82, 2.24) is 4.90 Å². The number of hydrogen-bond donors (Lipinski definition) is 2. The van der Waals surface area contributed by atoms with Gasteiger partial charge >= 0.3 is 0 Å². The molecule has 0 spiro atoms. The molecule has 2 atom stereocenters. The van der Waals surface area contributed by atoms with Gasteiger partial charge in [0.2, 0.25) is 11.8 Å². The van der Waals surface area contributed by atoms with E-state index in [2.05, 4.69) is 5.32 Å². The van der Waals surface area contributed by atoms with Crippen molar-refractivity contribution in [1.29, 1.82) is 0 Å². The third-order valence-corrected chi connectivity index (χ3v) is 5.48. The number of carbonyl (C=O) groups excluding carboxylic acids is 3. The Kier molecular flexibility index (Phi) is 6.59. The van der Waals surface area contributed by atoms with Gasteiger partial charge in [0.1, 0.15) is 18.4 Å². The smallest absolute Gasteiger partial charge is 0.253 e. The second-order valence-corrected chi connectivity index (χ2v) is 7.88. The molecule has 2 aliphatic rings. The van der Waals surface area contributed by atoms with Crippen LogP contribution in [0.15, 0.2) is 46.9 Å². The van der Waals surface area contributed by atoms with Gasteiger partial charge in [0.25, 0.3) is 5.91 Å². The average Bonchev–Trinajstić information content (AvgIpc) is 3.38. The second-order valence-electron chi connectivity index (χ2n) is 7.51. The number of halogens is 1. The van der Waals surface area contributed by atoms with Crippen LogP contribution in [0, 0.1) is 0 Å². The molecule has 1 aromatic heterocycles. The van der Waals surface area contributed by atoms with Crippen molar-refractivity contribution < 1.29 is 28.6 Å². The molecule has 32 heavy (non-hydrogen) atoms. The van der Waals surface area contributed by atoms with Crippen LogP contribution in [-0.4, -0.2) is 66.2 Å². The molecule has 3 amide bonds. The summed E-state index contributed by atoms with van der Waals surface area (Å²) in [5.74, 6) is -0.537. The number of likely N-dealkylation sites (tertiary alicyclic amines) is 1. The quantitative estimate of drug-likeness (QED) is 0.660. The van der Waals surface area contributed by atoms with Crippen molar-refractivity contribution in [3.05, 3.63) is 53.5 Å². The molecule has 0 saturated carbocycles. The Hall–Kier alpha value is -3.14. The first-order chi connectivity index (χ1) is 15.4. The molecule has 0 aliphatic carbocycles. The van der Waals surface area contributed by atoms with Crippen molar-refractivity contribution in [2.75, 3.05) is 36.5 Å². The summed E-state index contributed by atoms with van der Waals surface area (Å²) in [5.41, 5.74) is 1.24. The van der Waals surface area contributed by atoms with E-state index in [4.69, 9.17) is 20.8 Å². The van der Waals surface area contributed by atoms with Crippen LogP contribution in [0.3, 0.4) is 0 Å². The van der Waals surface area contributed by atoms with E-state index in [1.165, 1.54) is 17.1 Å². The zero-order valence-electron chi connectivity index (χ0n) is 17.1. The molecule has 2 fully saturated rings. The number of carbonyl (C=O) groups is 3. The molecule has 0 unspecified atom stereocenters. The molecule has 9 nitrogen and oxygen atoms in total. The lowest BCUT2D eigenvalue weighted by Crippen LogP contribution is -2.42. The molecule has 1 aromatic carbocycles. The van der Waals surface area contributed by atoms with Gasteiger partial charge in [-0.2, -0.15) is 0 Å². The van der Waals surface area contributed by atoms with Crippen molar-refractivity contribution >= 4 is 46.8 Å². The molecular weight excluding hydrogens is 438 g/mol. The lowest BCUT2D eigenvalue weighted by atomic mass is 10.1. The average molecular weight is 460 g/mol. The van der Waals surface area contributed by atoms with Crippen LogP contribution >= 0.6 is 11.6 Å². The Morgan fingerprint density at radius 1 is 1.19 bits per heavy atom. The van der Waals surface area contributed by atoms with E-state index < -0.39 is 24.0 Å². The van der Waals surface area contributed by atoms with Gasteiger partial charge in [0.05, 0.1) is 12.7 Å².